The summed E-state index contributed by atoms with van der Waals surface area (Å²) in [6, 6.07) is 0. The van der Waals surface area contributed by atoms with E-state index in [9.17, 15) is 0 Å². The molecule has 2 nitrogen and oxygen atoms in total. The van der Waals surface area contributed by atoms with Gasteiger partial charge in [0.2, 0.25) is 0 Å². The molecule has 0 saturated heterocycles. The molecule has 0 aromatic carbocycles. The summed E-state index contributed by atoms with van der Waals surface area (Å²) >= 11 is 0. The Balaban J connectivity index is 2.75. The van der Waals surface area contributed by atoms with Crippen LogP contribution in [-0.2, 0) is 4.74 Å². The van der Waals surface area contributed by atoms with E-state index in [1.165, 1.54) is 0 Å². The number of terminal acetylenes is 1. The van der Waals surface area contributed by atoms with Crippen LogP contribution in [0.3, 0.4) is 0 Å². The van der Waals surface area contributed by atoms with Gasteiger partial charge in [-0.25, -0.2) is 0 Å². The van der Waals surface area contributed by atoms with Gasteiger partial charge >= 0.3 is 0 Å². The first-order valence-electron chi connectivity index (χ1n) is 4.13. The molecule has 0 saturated carbocycles. The topological polar surface area (TPSA) is 21.3 Å². The van der Waals surface area contributed by atoms with Crippen molar-refractivity contribution < 1.29 is 4.74 Å². The third-order valence-electron chi connectivity index (χ3n) is 1.29. The molecule has 2 heteroatoms. The zero-order valence-electron chi connectivity index (χ0n) is 7.23. The average Bonchev–Trinajstić information content (AvgIpc) is 2.03. The van der Waals surface area contributed by atoms with Gasteiger partial charge in [0.15, 0.2) is 0 Å². The summed E-state index contributed by atoms with van der Waals surface area (Å²) in [6.45, 7) is 5.58. The van der Waals surface area contributed by atoms with Gasteiger partial charge in [0, 0.05) is 26.2 Å². The van der Waals surface area contributed by atoms with E-state index in [-0.39, 0.29) is 0 Å². The minimum absolute atomic E-state index is 0.810. The second-order valence-electron chi connectivity index (χ2n) is 2.25. The van der Waals surface area contributed by atoms with Crippen molar-refractivity contribution in [1.82, 2.24) is 5.32 Å². The van der Waals surface area contributed by atoms with E-state index in [2.05, 4.69) is 11.2 Å². The lowest BCUT2D eigenvalue weighted by molar-refractivity contribution is 0.145. The molecule has 64 valence electrons. The summed E-state index contributed by atoms with van der Waals surface area (Å²) in [5.74, 6) is 2.58. The van der Waals surface area contributed by atoms with E-state index in [4.69, 9.17) is 11.2 Å². The molecule has 0 aliphatic rings. The maximum Gasteiger partial charge on any atom is 0.0477 e. The maximum atomic E-state index is 5.16. The van der Waals surface area contributed by atoms with E-state index in [0.717, 1.165) is 39.1 Å². The molecule has 0 aliphatic carbocycles. The van der Waals surface area contributed by atoms with Crippen molar-refractivity contribution in [2.75, 3.05) is 26.3 Å². The fourth-order valence-electron chi connectivity index (χ4n) is 0.729. The van der Waals surface area contributed by atoms with Crippen LogP contribution < -0.4 is 5.32 Å². The molecule has 0 bridgehead atoms. The Hall–Kier alpha value is -0.520. The summed E-state index contributed by atoms with van der Waals surface area (Å²) in [5, 5.41) is 3.22. The molecule has 11 heavy (non-hydrogen) atoms. The molecule has 0 atom stereocenters. The van der Waals surface area contributed by atoms with Crippen molar-refractivity contribution >= 4 is 0 Å². The molecule has 0 amide bonds. The zero-order chi connectivity index (χ0) is 8.36. The molecule has 1 N–H and O–H groups in total. The summed E-state index contributed by atoms with van der Waals surface area (Å²) in [6.07, 6.45) is 6.96. The molecule has 0 unspecified atom stereocenters. The first kappa shape index (κ1) is 10.5. The van der Waals surface area contributed by atoms with Crippen molar-refractivity contribution in [2.45, 2.75) is 19.8 Å². The van der Waals surface area contributed by atoms with Crippen molar-refractivity contribution in [3.05, 3.63) is 0 Å². The smallest absolute Gasteiger partial charge is 0.0477 e. The lowest BCUT2D eigenvalue weighted by atomic mass is 10.4. The Bertz CT molecular complexity index is 107. The monoisotopic (exact) mass is 155 g/mol. The number of rotatable bonds is 7. The van der Waals surface area contributed by atoms with E-state index < -0.39 is 0 Å². The highest BCUT2D eigenvalue weighted by atomic mass is 16.5. The third-order valence-corrected chi connectivity index (χ3v) is 1.29. The molecule has 0 radical (unpaired) electrons. The van der Waals surface area contributed by atoms with Crippen LogP contribution in [0.15, 0.2) is 0 Å². The standard InChI is InChI=1S/C9H17NO/c1-3-5-7-10-8-6-9-11-4-2/h1,10H,4-9H2,2H3. The van der Waals surface area contributed by atoms with Gasteiger partial charge in [0.1, 0.15) is 0 Å². The van der Waals surface area contributed by atoms with Crippen LogP contribution in [0.4, 0.5) is 0 Å². The van der Waals surface area contributed by atoms with Crippen LogP contribution in [0.1, 0.15) is 19.8 Å². The number of hydrogen-bond donors (Lipinski definition) is 1. The number of ether oxygens (including phenoxy) is 1. The van der Waals surface area contributed by atoms with Gasteiger partial charge in [-0.1, -0.05) is 0 Å². The highest BCUT2D eigenvalue weighted by Crippen LogP contribution is 1.80. The van der Waals surface area contributed by atoms with E-state index in [1.807, 2.05) is 6.92 Å². The second-order valence-corrected chi connectivity index (χ2v) is 2.25. The van der Waals surface area contributed by atoms with Crippen LogP contribution in [0.25, 0.3) is 0 Å². The van der Waals surface area contributed by atoms with Crippen LogP contribution in [0.2, 0.25) is 0 Å². The lowest BCUT2D eigenvalue weighted by Gasteiger charge is -2.01. The Kier molecular flexibility index (Phi) is 9.03. The second kappa shape index (κ2) is 9.48. The molecule has 0 rings (SSSR count). The Morgan fingerprint density at radius 2 is 2.27 bits per heavy atom. The van der Waals surface area contributed by atoms with E-state index in [1.54, 1.807) is 0 Å². The molecule has 0 heterocycles. The maximum absolute atomic E-state index is 5.16. The predicted molar refractivity (Wildman–Crippen MR) is 47.4 cm³/mol. The molecular weight excluding hydrogens is 138 g/mol. The van der Waals surface area contributed by atoms with Crippen LogP contribution in [0, 0.1) is 12.3 Å². The SMILES string of the molecule is C#CCCNCCCOCC. The summed E-state index contributed by atoms with van der Waals surface area (Å²) in [4.78, 5) is 0. The van der Waals surface area contributed by atoms with Crippen molar-refractivity contribution in [3.63, 3.8) is 0 Å². The predicted octanol–water partition coefficient (Wildman–Crippen LogP) is 1.03. The van der Waals surface area contributed by atoms with Gasteiger partial charge in [-0.15, -0.1) is 12.3 Å². The van der Waals surface area contributed by atoms with E-state index >= 15 is 0 Å². The molecule has 0 fully saturated rings. The van der Waals surface area contributed by atoms with Gasteiger partial charge in [0.05, 0.1) is 0 Å². The van der Waals surface area contributed by atoms with Crippen LogP contribution in [0.5, 0.6) is 0 Å². The zero-order valence-corrected chi connectivity index (χ0v) is 7.23. The fourth-order valence-corrected chi connectivity index (χ4v) is 0.729. The molecule has 0 aromatic heterocycles. The molecule has 0 spiro atoms. The quantitative estimate of drug-likeness (QED) is 0.438. The highest BCUT2D eigenvalue weighted by molar-refractivity contribution is 4.83. The highest BCUT2D eigenvalue weighted by Gasteiger charge is 1.86. The normalized spacial score (nSPS) is 9.45. The van der Waals surface area contributed by atoms with Gasteiger partial charge in [-0.05, 0) is 19.9 Å². The Labute approximate surface area is 69.3 Å². The number of hydrogen-bond acceptors (Lipinski definition) is 2. The van der Waals surface area contributed by atoms with Crippen molar-refractivity contribution in [2.24, 2.45) is 0 Å². The number of nitrogens with one attached hydrogen (secondary N) is 1. The summed E-state index contributed by atoms with van der Waals surface area (Å²) in [5.41, 5.74) is 0. The van der Waals surface area contributed by atoms with Gasteiger partial charge in [-0.2, -0.15) is 0 Å². The largest absolute Gasteiger partial charge is 0.382 e. The first-order chi connectivity index (χ1) is 5.41. The average molecular weight is 155 g/mol. The Morgan fingerprint density at radius 1 is 1.45 bits per heavy atom. The minimum atomic E-state index is 0.810. The lowest BCUT2D eigenvalue weighted by Crippen LogP contribution is -2.17. The Morgan fingerprint density at radius 3 is 2.91 bits per heavy atom. The molecular formula is C9H17NO. The van der Waals surface area contributed by atoms with Crippen molar-refractivity contribution in [3.8, 4) is 12.3 Å². The fraction of sp³-hybridized carbons (Fsp3) is 0.778. The van der Waals surface area contributed by atoms with Crippen LogP contribution >= 0.6 is 0 Å². The van der Waals surface area contributed by atoms with Gasteiger partial charge < -0.3 is 10.1 Å². The van der Waals surface area contributed by atoms with Crippen molar-refractivity contribution in [1.29, 1.82) is 0 Å². The summed E-state index contributed by atoms with van der Waals surface area (Å²) < 4.78 is 5.16. The minimum Gasteiger partial charge on any atom is -0.382 e. The first-order valence-corrected chi connectivity index (χ1v) is 4.13. The van der Waals surface area contributed by atoms with Gasteiger partial charge in [-0.3, -0.25) is 0 Å². The molecule has 0 aromatic rings. The van der Waals surface area contributed by atoms with Gasteiger partial charge in [0.25, 0.3) is 0 Å². The molecule has 0 aliphatic heterocycles. The summed E-state index contributed by atoms with van der Waals surface area (Å²) in [7, 11) is 0. The van der Waals surface area contributed by atoms with E-state index in [0.29, 0.717) is 0 Å². The third kappa shape index (κ3) is 9.48. The van der Waals surface area contributed by atoms with Crippen LogP contribution in [-0.4, -0.2) is 26.3 Å².